The number of aromatic carboxylic acids is 1. The molecule has 4 nitrogen and oxygen atoms in total. The summed E-state index contributed by atoms with van der Waals surface area (Å²) in [5, 5.41) is 9.26. The van der Waals surface area contributed by atoms with E-state index in [1.165, 1.54) is 18.3 Å². The molecule has 1 heterocycles. The van der Waals surface area contributed by atoms with E-state index in [2.05, 4.69) is 4.98 Å². The summed E-state index contributed by atoms with van der Waals surface area (Å²) in [7, 11) is -1.27. The molecule has 0 saturated carbocycles. The fourth-order valence-electron chi connectivity index (χ4n) is 1.49. The summed E-state index contributed by atoms with van der Waals surface area (Å²) in [4.78, 5) is 15.1. The third-order valence-corrected chi connectivity index (χ3v) is 4.22. The highest BCUT2D eigenvalue weighted by Crippen LogP contribution is 2.19. The predicted molar refractivity (Wildman–Crippen MR) is 72.8 cm³/mol. The Balaban J connectivity index is 2.16. The van der Waals surface area contributed by atoms with Crippen LogP contribution in [0.2, 0.25) is 5.02 Å². The van der Waals surface area contributed by atoms with Crippen molar-refractivity contribution in [1.82, 2.24) is 4.98 Å². The molecule has 1 atom stereocenters. The molecule has 1 unspecified atom stereocenters. The number of hydrogen-bond acceptors (Lipinski definition) is 3. The maximum atomic E-state index is 12.1. The number of rotatable bonds is 4. The first-order valence-electron chi connectivity index (χ1n) is 5.38. The van der Waals surface area contributed by atoms with Gasteiger partial charge in [0.1, 0.15) is 0 Å². The highest BCUT2D eigenvalue weighted by atomic mass is 35.5. The van der Waals surface area contributed by atoms with Crippen molar-refractivity contribution in [3.8, 4) is 0 Å². The number of pyridine rings is 1. The van der Waals surface area contributed by atoms with Crippen molar-refractivity contribution in [2.24, 2.45) is 0 Å². The quantitative estimate of drug-likeness (QED) is 0.942. The number of halogens is 1. The van der Waals surface area contributed by atoms with Crippen molar-refractivity contribution in [3.63, 3.8) is 0 Å². The van der Waals surface area contributed by atoms with Crippen LogP contribution in [0.1, 0.15) is 15.9 Å². The Bertz CT molecular complexity index is 628. The van der Waals surface area contributed by atoms with Crippen LogP contribution in [-0.2, 0) is 16.6 Å². The third kappa shape index (κ3) is 3.39. The molecule has 1 aromatic carbocycles. The van der Waals surface area contributed by atoms with E-state index in [1.54, 1.807) is 24.4 Å². The topological polar surface area (TPSA) is 67.3 Å². The van der Waals surface area contributed by atoms with Crippen LogP contribution in [-0.4, -0.2) is 20.3 Å². The van der Waals surface area contributed by atoms with Crippen LogP contribution in [0.5, 0.6) is 0 Å². The molecule has 0 radical (unpaired) electrons. The van der Waals surface area contributed by atoms with Gasteiger partial charge in [-0.3, -0.25) is 9.19 Å². The van der Waals surface area contributed by atoms with E-state index in [9.17, 15) is 9.00 Å². The van der Waals surface area contributed by atoms with Crippen LogP contribution < -0.4 is 0 Å². The number of carboxylic acids is 1. The lowest BCUT2D eigenvalue weighted by molar-refractivity contribution is 0.0697. The van der Waals surface area contributed by atoms with E-state index in [0.717, 1.165) is 5.56 Å². The first kappa shape index (κ1) is 13.7. The number of benzene rings is 1. The fraction of sp³-hybridized carbons (Fsp3) is 0.0769. The van der Waals surface area contributed by atoms with Gasteiger partial charge in [0, 0.05) is 17.3 Å². The van der Waals surface area contributed by atoms with E-state index in [0.29, 0.717) is 9.92 Å². The Hall–Kier alpha value is -1.72. The molecule has 98 valence electrons. The minimum Gasteiger partial charge on any atom is -0.478 e. The van der Waals surface area contributed by atoms with Crippen molar-refractivity contribution < 1.29 is 14.1 Å². The molecule has 0 bridgehead atoms. The van der Waals surface area contributed by atoms with Gasteiger partial charge < -0.3 is 5.11 Å². The van der Waals surface area contributed by atoms with Gasteiger partial charge in [0.05, 0.1) is 27.1 Å². The Kier molecular flexibility index (Phi) is 4.29. The maximum Gasteiger partial charge on any atom is 0.335 e. The third-order valence-electron chi connectivity index (χ3n) is 2.51. The van der Waals surface area contributed by atoms with Crippen LogP contribution in [0.15, 0.2) is 47.6 Å². The van der Waals surface area contributed by atoms with Crippen molar-refractivity contribution in [2.75, 3.05) is 0 Å². The Morgan fingerprint density at radius 1 is 1.26 bits per heavy atom. The molecule has 0 saturated heterocycles. The molecule has 0 aliphatic carbocycles. The first-order valence-corrected chi connectivity index (χ1v) is 7.08. The molecular formula is C13H10ClNO3S. The summed E-state index contributed by atoms with van der Waals surface area (Å²) in [6.07, 6.45) is 3.09. The molecule has 0 aliphatic rings. The van der Waals surface area contributed by atoms with Crippen LogP contribution in [0.25, 0.3) is 0 Å². The summed E-state index contributed by atoms with van der Waals surface area (Å²) in [5.74, 6) is -0.733. The van der Waals surface area contributed by atoms with Crippen molar-refractivity contribution in [3.05, 3.63) is 58.9 Å². The monoisotopic (exact) mass is 295 g/mol. The first-order chi connectivity index (χ1) is 9.08. The van der Waals surface area contributed by atoms with Gasteiger partial charge in [0.2, 0.25) is 0 Å². The number of aromatic nitrogens is 1. The molecule has 1 N–H and O–H groups in total. The van der Waals surface area contributed by atoms with Crippen LogP contribution in [0.3, 0.4) is 0 Å². The van der Waals surface area contributed by atoms with Gasteiger partial charge in [-0.1, -0.05) is 11.6 Å². The Labute approximate surface area is 117 Å². The van der Waals surface area contributed by atoms with Crippen molar-refractivity contribution in [1.29, 1.82) is 0 Å². The SMILES string of the molecule is O=C(O)c1ccc(S(=O)Cc2ccncc2Cl)cc1. The van der Waals surface area contributed by atoms with E-state index >= 15 is 0 Å². The minimum atomic E-state index is -1.27. The molecule has 0 fully saturated rings. The number of carbonyl (C=O) groups is 1. The normalized spacial score (nSPS) is 12.1. The Morgan fingerprint density at radius 3 is 2.53 bits per heavy atom. The second-order valence-corrected chi connectivity index (χ2v) is 5.64. The summed E-state index contributed by atoms with van der Waals surface area (Å²) < 4.78 is 12.1. The zero-order valence-corrected chi connectivity index (χ0v) is 11.3. The number of hydrogen-bond donors (Lipinski definition) is 1. The van der Waals surface area contributed by atoms with Gasteiger partial charge in [0.25, 0.3) is 0 Å². The van der Waals surface area contributed by atoms with Crippen LogP contribution in [0, 0.1) is 0 Å². The highest BCUT2D eigenvalue weighted by molar-refractivity contribution is 7.84. The molecule has 0 spiro atoms. The van der Waals surface area contributed by atoms with Crippen LogP contribution in [0.4, 0.5) is 0 Å². The highest BCUT2D eigenvalue weighted by Gasteiger charge is 2.09. The summed E-state index contributed by atoms with van der Waals surface area (Å²) in [6, 6.07) is 7.68. The largest absolute Gasteiger partial charge is 0.478 e. The van der Waals surface area contributed by atoms with Crippen molar-refractivity contribution >= 4 is 28.4 Å². The molecule has 2 rings (SSSR count). The summed E-state index contributed by atoms with van der Waals surface area (Å²) in [6.45, 7) is 0. The lowest BCUT2D eigenvalue weighted by Gasteiger charge is -2.04. The summed E-state index contributed by atoms with van der Waals surface area (Å²) >= 11 is 5.95. The van der Waals surface area contributed by atoms with Gasteiger partial charge in [-0.25, -0.2) is 4.79 Å². The minimum absolute atomic E-state index is 0.169. The molecule has 0 aliphatic heterocycles. The average Bonchev–Trinajstić information content (AvgIpc) is 2.41. The van der Waals surface area contributed by atoms with E-state index in [-0.39, 0.29) is 11.3 Å². The smallest absolute Gasteiger partial charge is 0.335 e. The maximum absolute atomic E-state index is 12.1. The number of carboxylic acid groups (broad SMARTS) is 1. The molecular weight excluding hydrogens is 286 g/mol. The Morgan fingerprint density at radius 2 is 1.95 bits per heavy atom. The second-order valence-electron chi connectivity index (χ2n) is 3.79. The van der Waals surface area contributed by atoms with Gasteiger partial charge >= 0.3 is 5.97 Å². The van der Waals surface area contributed by atoms with E-state index < -0.39 is 16.8 Å². The molecule has 19 heavy (non-hydrogen) atoms. The van der Waals surface area contributed by atoms with Gasteiger partial charge in [-0.2, -0.15) is 0 Å². The number of nitrogens with zero attached hydrogens (tertiary/aromatic N) is 1. The summed E-state index contributed by atoms with van der Waals surface area (Å²) in [5.41, 5.74) is 0.917. The van der Waals surface area contributed by atoms with Gasteiger partial charge in [-0.05, 0) is 35.9 Å². The van der Waals surface area contributed by atoms with Crippen LogP contribution >= 0.6 is 11.6 Å². The lowest BCUT2D eigenvalue weighted by atomic mass is 10.2. The molecule has 2 aromatic rings. The zero-order chi connectivity index (χ0) is 13.8. The predicted octanol–water partition coefficient (Wildman–Crippen LogP) is 2.74. The molecule has 1 aromatic heterocycles. The molecule has 0 amide bonds. The zero-order valence-electron chi connectivity index (χ0n) is 9.75. The van der Waals surface area contributed by atoms with Gasteiger partial charge in [0.15, 0.2) is 0 Å². The fourth-order valence-corrected chi connectivity index (χ4v) is 2.90. The average molecular weight is 296 g/mol. The van der Waals surface area contributed by atoms with E-state index in [4.69, 9.17) is 16.7 Å². The van der Waals surface area contributed by atoms with Gasteiger partial charge in [-0.15, -0.1) is 0 Å². The lowest BCUT2D eigenvalue weighted by Crippen LogP contribution is -2.00. The van der Waals surface area contributed by atoms with E-state index in [1.807, 2.05) is 0 Å². The second kappa shape index (κ2) is 5.95. The van der Waals surface area contributed by atoms with Crippen molar-refractivity contribution in [2.45, 2.75) is 10.6 Å². The standard InChI is InChI=1S/C13H10ClNO3S/c14-12-7-15-6-5-10(12)8-19(18)11-3-1-9(2-4-11)13(16)17/h1-7H,8H2,(H,16,17). The molecule has 6 heteroatoms.